The zero-order valence-corrected chi connectivity index (χ0v) is 11.1. The zero-order valence-electron chi connectivity index (χ0n) is 11.1. The molecule has 0 amide bonds. The van der Waals surface area contributed by atoms with E-state index >= 15 is 0 Å². The van der Waals surface area contributed by atoms with Gasteiger partial charge >= 0.3 is 0 Å². The lowest BCUT2D eigenvalue weighted by atomic mass is 9.91. The van der Waals surface area contributed by atoms with Crippen LogP contribution in [0.15, 0.2) is 12.1 Å². The first-order valence-corrected chi connectivity index (χ1v) is 5.82. The van der Waals surface area contributed by atoms with E-state index in [9.17, 15) is 5.11 Å². The number of anilines is 1. The number of pyridine rings is 1. The van der Waals surface area contributed by atoms with E-state index in [1.165, 1.54) is 0 Å². The van der Waals surface area contributed by atoms with Crippen LogP contribution in [0.4, 0.5) is 5.82 Å². The summed E-state index contributed by atoms with van der Waals surface area (Å²) in [6, 6.07) is 3.78. The Kier molecular flexibility index (Phi) is 4.48. The summed E-state index contributed by atoms with van der Waals surface area (Å²) < 4.78 is 0. The molecule has 1 rings (SSSR count). The number of aliphatic hydroxyl groups excluding tert-OH is 2. The second-order valence-electron chi connectivity index (χ2n) is 5.27. The van der Waals surface area contributed by atoms with Gasteiger partial charge in [0.25, 0.3) is 0 Å². The molecule has 0 unspecified atom stereocenters. The van der Waals surface area contributed by atoms with Crippen LogP contribution in [0.25, 0.3) is 0 Å². The maximum Gasteiger partial charge on any atom is 0.129 e. The summed E-state index contributed by atoms with van der Waals surface area (Å²) in [6.45, 7) is 6.90. The Bertz CT molecular complexity index is 372. The summed E-state index contributed by atoms with van der Waals surface area (Å²) in [6.07, 6.45) is 0. The van der Waals surface area contributed by atoms with Crippen LogP contribution in [0.1, 0.15) is 32.0 Å². The summed E-state index contributed by atoms with van der Waals surface area (Å²) in [5.74, 6) is 0.788. The fraction of sp³-hybridized carbons (Fsp3) is 0.615. The molecule has 17 heavy (non-hydrogen) atoms. The molecule has 1 aromatic rings. The summed E-state index contributed by atoms with van der Waals surface area (Å²) in [7, 11) is 1.88. The average molecular weight is 238 g/mol. The van der Waals surface area contributed by atoms with Crippen molar-refractivity contribution in [1.82, 2.24) is 4.98 Å². The maximum absolute atomic E-state index is 9.27. The lowest BCUT2D eigenvalue weighted by Gasteiger charge is -2.23. The lowest BCUT2D eigenvalue weighted by Crippen LogP contribution is -2.24. The van der Waals surface area contributed by atoms with Crippen molar-refractivity contribution >= 4 is 5.82 Å². The molecule has 0 aliphatic carbocycles. The van der Waals surface area contributed by atoms with E-state index < -0.39 is 0 Å². The molecule has 1 heterocycles. The van der Waals surface area contributed by atoms with Gasteiger partial charge < -0.3 is 15.1 Å². The van der Waals surface area contributed by atoms with Gasteiger partial charge in [-0.2, -0.15) is 0 Å². The number of aliphatic hydroxyl groups is 2. The highest BCUT2D eigenvalue weighted by molar-refractivity contribution is 5.43. The monoisotopic (exact) mass is 238 g/mol. The third-order valence-electron chi connectivity index (χ3n) is 2.65. The van der Waals surface area contributed by atoms with Crippen LogP contribution in [-0.4, -0.2) is 35.4 Å². The van der Waals surface area contributed by atoms with Gasteiger partial charge in [0.2, 0.25) is 0 Å². The van der Waals surface area contributed by atoms with Crippen molar-refractivity contribution in [3.63, 3.8) is 0 Å². The fourth-order valence-electron chi connectivity index (χ4n) is 1.51. The number of aromatic nitrogens is 1. The third kappa shape index (κ3) is 3.68. The highest BCUT2D eigenvalue weighted by Gasteiger charge is 2.18. The molecule has 0 aliphatic heterocycles. The fourth-order valence-corrected chi connectivity index (χ4v) is 1.51. The minimum Gasteiger partial charge on any atom is -0.395 e. The van der Waals surface area contributed by atoms with Crippen LogP contribution >= 0.6 is 0 Å². The molecule has 0 radical (unpaired) electrons. The molecule has 0 aliphatic rings. The van der Waals surface area contributed by atoms with Crippen molar-refractivity contribution in [2.45, 2.75) is 32.8 Å². The van der Waals surface area contributed by atoms with E-state index in [0.29, 0.717) is 6.54 Å². The Morgan fingerprint density at radius 3 is 2.35 bits per heavy atom. The number of rotatable bonds is 4. The minimum atomic E-state index is -0.0556. The van der Waals surface area contributed by atoms with Crippen LogP contribution in [0, 0.1) is 0 Å². The van der Waals surface area contributed by atoms with Crippen molar-refractivity contribution < 1.29 is 10.2 Å². The number of hydrogen-bond acceptors (Lipinski definition) is 4. The SMILES string of the molecule is CN(CCO)c1cc(CO)cc(C(C)(C)C)n1. The van der Waals surface area contributed by atoms with Gasteiger partial charge in [0.15, 0.2) is 0 Å². The van der Waals surface area contributed by atoms with E-state index in [2.05, 4.69) is 25.8 Å². The van der Waals surface area contributed by atoms with Crippen LogP contribution in [0.2, 0.25) is 0 Å². The summed E-state index contributed by atoms with van der Waals surface area (Å²) in [4.78, 5) is 6.46. The second kappa shape index (κ2) is 5.47. The highest BCUT2D eigenvalue weighted by atomic mass is 16.3. The first-order valence-electron chi connectivity index (χ1n) is 5.82. The Balaban J connectivity index is 3.14. The van der Waals surface area contributed by atoms with Gasteiger partial charge in [0.1, 0.15) is 5.82 Å². The van der Waals surface area contributed by atoms with Gasteiger partial charge in [0.05, 0.1) is 13.2 Å². The molecule has 0 aromatic carbocycles. The molecule has 0 spiro atoms. The van der Waals surface area contributed by atoms with E-state index in [1.54, 1.807) is 0 Å². The highest BCUT2D eigenvalue weighted by Crippen LogP contribution is 2.24. The largest absolute Gasteiger partial charge is 0.395 e. The molecule has 4 heteroatoms. The average Bonchev–Trinajstić information content (AvgIpc) is 2.27. The van der Waals surface area contributed by atoms with E-state index in [0.717, 1.165) is 17.1 Å². The molecule has 0 atom stereocenters. The molecule has 96 valence electrons. The smallest absolute Gasteiger partial charge is 0.129 e. The first-order chi connectivity index (χ1) is 7.88. The predicted octanol–water partition coefficient (Wildman–Crippen LogP) is 1.30. The summed E-state index contributed by atoms with van der Waals surface area (Å²) >= 11 is 0. The number of nitrogens with zero attached hydrogens (tertiary/aromatic N) is 2. The summed E-state index contributed by atoms with van der Waals surface area (Å²) in [5, 5.41) is 18.2. The Morgan fingerprint density at radius 1 is 1.24 bits per heavy atom. The van der Waals surface area contributed by atoms with E-state index in [4.69, 9.17) is 5.11 Å². The first kappa shape index (κ1) is 13.9. The topological polar surface area (TPSA) is 56.6 Å². The van der Waals surface area contributed by atoms with Gasteiger partial charge in [-0.15, -0.1) is 0 Å². The van der Waals surface area contributed by atoms with Gasteiger partial charge in [0, 0.05) is 24.7 Å². The zero-order chi connectivity index (χ0) is 13.1. The molecule has 0 fully saturated rings. The van der Waals surface area contributed by atoms with E-state index in [1.807, 2.05) is 24.1 Å². The van der Waals surface area contributed by atoms with Crippen molar-refractivity contribution in [1.29, 1.82) is 0 Å². The Labute approximate surface area is 103 Å². The minimum absolute atomic E-state index is 0.00552. The third-order valence-corrected chi connectivity index (χ3v) is 2.65. The van der Waals surface area contributed by atoms with Crippen molar-refractivity contribution in [2.75, 3.05) is 25.1 Å². The summed E-state index contributed by atoms with van der Waals surface area (Å²) in [5.41, 5.74) is 1.74. The quantitative estimate of drug-likeness (QED) is 0.830. The van der Waals surface area contributed by atoms with Gasteiger partial charge in [-0.05, 0) is 17.7 Å². The van der Waals surface area contributed by atoms with Crippen LogP contribution < -0.4 is 4.90 Å². The van der Waals surface area contributed by atoms with Gasteiger partial charge in [-0.25, -0.2) is 4.98 Å². The van der Waals surface area contributed by atoms with E-state index in [-0.39, 0.29) is 18.6 Å². The molecule has 4 nitrogen and oxygen atoms in total. The van der Waals surface area contributed by atoms with Crippen LogP contribution in [0.3, 0.4) is 0 Å². The van der Waals surface area contributed by atoms with Crippen LogP contribution in [0.5, 0.6) is 0 Å². The standard InChI is InChI=1S/C13H22N2O2/c1-13(2,3)11-7-10(9-17)8-12(14-11)15(4)5-6-16/h7-8,16-17H,5-6,9H2,1-4H3. The number of hydrogen-bond donors (Lipinski definition) is 2. The van der Waals surface area contributed by atoms with Crippen molar-refractivity contribution in [3.8, 4) is 0 Å². The maximum atomic E-state index is 9.27. The molecule has 1 aromatic heterocycles. The molecular weight excluding hydrogens is 216 g/mol. The predicted molar refractivity (Wildman–Crippen MR) is 69.2 cm³/mol. The Hall–Kier alpha value is -1.13. The molecule has 2 N–H and O–H groups in total. The van der Waals surface area contributed by atoms with Gasteiger partial charge in [-0.1, -0.05) is 20.8 Å². The van der Waals surface area contributed by atoms with Crippen molar-refractivity contribution in [2.24, 2.45) is 0 Å². The molecule has 0 saturated carbocycles. The molecule has 0 bridgehead atoms. The normalized spacial score (nSPS) is 11.6. The lowest BCUT2D eigenvalue weighted by molar-refractivity contribution is 0.281. The van der Waals surface area contributed by atoms with Crippen molar-refractivity contribution in [3.05, 3.63) is 23.4 Å². The molecule has 0 saturated heterocycles. The molecular formula is C13H22N2O2. The Morgan fingerprint density at radius 2 is 1.88 bits per heavy atom. The number of likely N-dealkylation sites (N-methyl/N-ethyl adjacent to an activating group) is 1. The van der Waals surface area contributed by atoms with Crippen LogP contribution in [-0.2, 0) is 12.0 Å². The second-order valence-corrected chi connectivity index (χ2v) is 5.27. The van der Waals surface area contributed by atoms with Gasteiger partial charge in [-0.3, -0.25) is 0 Å².